The van der Waals surface area contributed by atoms with Crippen LogP contribution in [0.4, 0.5) is 0 Å². The molecule has 4 aliphatic carbocycles. The van der Waals surface area contributed by atoms with Gasteiger partial charge in [0.2, 0.25) is 0 Å². The highest BCUT2D eigenvalue weighted by Gasteiger charge is 2.68. The smallest absolute Gasteiger partial charge is 0.0577 e. The molecule has 1 saturated heterocycles. The average Bonchev–Trinajstić information content (AvgIpc) is 3.22. The van der Waals surface area contributed by atoms with Crippen molar-refractivity contribution >= 4 is 11.8 Å². The van der Waals surface area contributed by atoms with Crippen LogP contribution >= 0.6 is 11.8 Å². The van der Waals surface area contributed by atoms with Gasteiger partial charge in [0, 0.05) is 10.5 Å². The van der Waals surface area contributed by atoms with Crippen LogP contribution in [0.2, 0.25) is 0 Å². The third-order valence-electron chi connectivity index (χ3n) is 8.86. The number of aliphatic hydroxyl groups excluding tert-OH is 1. The van der Waals surface area contributed by atoms with Gasteiger partial charge in [-0.15, -0.1) is 0 Å². The summed E-state index contributed by atoms with van der Waals surface area (Å²) >= 11 is 2.28. The summed E-state index contributed by atoms with van der Waals surface area (Å²) in [6, 6.07) is 0. The van der Waals surface area contributed by atoms with E-state index in [4.69, 9.17) is 0 Å². The summed E-state index contributed by atoms with van der Waals surface area (Å²) in [7, 11) is 0. The first-order valence-electron chi connectivity index (χ1n) is 9.50. The maximum absolute atomic E-state index is 10.1. The lowest BCUT2D eigenvalue weighted by molar-refractivity contribution is -0.0397. The molecule has 0 aromatic carbocycles. The second kappa shape index (κ2) is 4.36. The first kappa shape index (κ1) is 14.4. The van der Waals surface area contributed by atoms with Crippen LogP contribution in [0.3, 0.4) is 0 Å². The van der Waals surface area contributed by atoms with E-state index in [0.29, 0.717) is 15.6 Å². The quantitative estimate of drug-likeness (QED) is 0.511. The van der Waals surface area contributed by atoms with Crippen molar-refractivity contribution in [3.63, 3.8) is 0 Å². The van der Waals surface area contributed by atoms with Gasteiger partial charge in [0.25, 0.3) is 0 Å². The third-order valence-corrected chi connectivity index (χ3v) is 10.5. The van der Waals surface area contributed by atoms with Crippen molar-refractivity contribution in [2.45, 2.75) is 76.1 Å². The summed E-state index contributed by atoms with van der Waals surface area (Å²) in [5.41, 5.74) is 2.66. The standard InChI is InChI=1S/C20H30OS/c1-18-8-5-14(21)11-13(18)3-4-15-16(18)6-9-19(2)17(15)7-10-20(19)12-22-20/h3,14-17,21H,4-12H2,1-2H3/t14?,15?,16?,17?,18-,19-,20-/m0/s1. The summed E-state index contributed by atoms with van der Waals surface area (Å²) in [5, 5.41) is 10.1. The van der Waals surface area contributed by atoms with Crippen molar-refractivity contribution in [3.05, 3.63) is 11.6 Å². The molecular weight excluding hydrogens is 288 g/mol. The maximum atomic E-state index is 10.1. The van der Waals surface area contributed by atoms with Crippen molar-refractivity contribution in [1.29, 1.82) is 0 Å². The third kappa shape index (κ3) is 1.62. The highest BCUT2D eigenvalue weighted by Crippen LogP contribution is 2.74. The van der Waals surface area contributed by atoms with Crippen LogP contribution in [0.25, 0.3) is 0 Å². The van der Waals surface area contributed by atoms with Gasteiger partial charge in [-0.2, -0.15) is 11.8 Å². The summed E-state index contributed by atoms with van der Waals surface area (Å²) in [6.07, 6.45) is 12.9. The molecule has 1 N–H and O–H groups in total. The van der Waals surface area contributed by atoms with Crippen molar-refractivity contribution in [2.75, 3.05) is 5.75 Å². The van der Waals surface area contributed by atoms with E-state index < -0.39 is 0 Å². The minimum Gasteiger partial charge on any atom is -0.393 e. The molecule has 0 amide bonds. The van der Waals surface area contributed by atoms with Crippen LogP contribution in [0, 0.1) is 28.6 Å². The summed E-state index contributed by atoms with van der Waals surface area (Å²) in [4.78, 5) is 0. The fourth-order valence-electron chi connectivity index (χ4n) is 7.30. The monoisotopic (exact) mass is 318 g/mol. The van der Waals surface area contributed by atoms with E-state index in [1.165, 1.54) is 44.3 Å². The molecule has 1 heterocycles. The predicted molar refractivity (Wildman–Crippen MR) is 92.9 cm³/mol. The normalized spacial score (nSPS) is 59.5. The number of aliphatic hydroxyl groups is 1. The zero-order valence-corrected chi connectivity index (χ0v) is 14.9. The molecule has 1 aliphatic heterocycles. The van der Waals surface area contributed by atoms with Gasteiger partial charge in [-0.25, -0.2) is 0 Å². The lowest BCUT2D eigenvalue weighted by atomic mass is 9.47. The number of hydrogen-bond donors (Lipinski definition) is 1. The van der Waals surface area contributed by atoms with Gasteiger partial charge in [0.05, 0.1) is 6.10 Å². The van der Waals surface area contributed by atoms with Gasteiger partial charge in [0.15, 0.2) is 0 Å². The highest BCUT2D eigenvalue weighted by atomic mass is 32.2. The molecule has 5 aliphatic rings. The number of allylic oxidation sites excluding steroid dienone is 1. The molecule has 1 nitrogen and oxygen atoms in total. The summed E-state index contributed by atoms with van der Waals surface area (Å²) in [6.45, 7) is 5.19. The molecule has 0 radical (unpaired) electrons. The largest absolute Gasteiger partial charge is 0.393 e. The summed E-state index contributed by atoms with van der Waals surface area (Å²) < 4.78 is 0.691. The zero-order chi connectivity index (χ0) is 15.2. The summed E-state index contributed by atoms with van der Waals surface area (Å²) in [5.74, 6) is 4.25. The Labute approximate surface area is 139 Å². The fourth-order valence-corrected chi connectivity index (χ4v) is 8.79. The van der Waals surface area contributed by atoms with Gasteiger partial charge in [-0.1, -0.05) is 25.5 Å². The van der Waals surface area contributed by atoms with Crippen LogP contribution in [-0.4, -0.2) is 21.7 Å². The molecule has 122 valence electrons. The molecule has 22 heavy (non-hydrogen) atoms. The van der Waals surface area contributed by atoms with E-state index in [9.17, 15) is 5.11 Å². The van der Waals surface area contributed by atoms with E-state index in [-0.39, 0.29) is 6.10 Å². The minimum absolute atomic E-state index is 0.0673. The lowest BCUT2D eigenvalue weighted by Crippen LogP contribution is -2.51. The van der Waals surface area contributed by atoms with Gasteiger partial charge in [-0.3, -0.25) is 0 Å². The van der Waals surface area contributed by atoms with E-state index in [0.717, 1.165) is 30.6 Å². The Morgan fingerprint density at radius 3 is 2.64 bits per heavy atom. The van der Waals surface area contributed by atoms with Gasteiger partial charge >= 0.3 is 0 Å². The molecule has 0 aromatic rings. The Morgan fingerprint density at radius 1 is 1.09 bits per heavy atom. The Bertz CT molecular complexity index is 536. The van der Waals surface area contributed by atoms with Crippen molar-refractivity contribution in [1.82, 2.24) is 0 Å². The Balaban J connectivity index is 1.51. The molecule has 4 fully saturated rings. The second-order valence-electron chi connectivity index (χ2n) is 9.43. The second-order valence-corrected chi connectivity index (χ2v) is 10.8. The molecule has 7 atom stereocenters. The van der Waals surface area contributed by atoms with E-state index in [2.05, 4.69) is 31.7 Å². The highest BCUT2D eigenvalue weighted by molar-refractivity contribution is 8.08. The average molecular weight is 319 g/mol. The van der Waals surface area contributed by atoms with Gasteiger partial charge in [-0.05, 0) is 80.0 Å². The van der Waals surface area contributed by atoms with Crippen LogP contribution in [0.1, 0.15) is 65.2 Å². The van der Waals surface area contributed by atoms with Crippen molar-refractivity contribution in [2.24, 2.45) is 28.6 Å². The van der Waals surface area contributed by atoms with Crippen LogP contribution < -0.4 is 0 Å². The fraction of sp³-hybridized carbons (Fsp3) is 0.900. The van der Waals surface area contributed by atoms with E-state index in [1.54, 1.807) is 5.57 Å². The van der Waals surface area contributed by atoms with E-state index >= 15 is 0 Å². The zero-order valence-electron chi connectivity index (χ0n) is 14.1. The number of fused-ring (bicyclic) bond motifs is 6. The molecule has 0 bridgehead atoms. The Kier molecular flexibility index (Phi) is 2.85. The topological polar surface area (TPSA) is 20.2 Å². The molecule has 1 spiro atoms. The van der Waals surface area contributed by atoms with Crippen molar-refractivity contribution in [3.8, 4) is 0 Å². The van der Waals surface area contributed by atoms with E-state index in [1.807, 2.05) is 0 Å². The Morgan fingerprint density at radius 2 is 1.86 bits per heavy atom. The van der Waals surface area contributed by atoms with Gasteiger partial charge in [0.1, 0.15) is 0 Å². The first-order valence-corrected chi connectivity index (χ1v) is 10.5. The van der Waals surface area contributed by atoms with Crippen LogP contribution in [0.5, 0.6) is 0 Å². The molecular formula is C20H30OS. The Hall–Kier alpha value is 0.0500. The van der Waals surface area contributed by atoms with Crippen LogP contribution in [0.15, 0.2) is 11.6 Å². The molecule has 4 unspecified atom stereocenters. The first-order chi connectivity index (χ1) is 10.5. The number of thioether (sulfide) groups is 1. The molecule has 2 heteroatoms. The molecule has 0 aromatic heterocycles. The molecule has 3 saturated carbocycles. The number of rotatable bonds is 0. The maximum Gasteiger partial charge on any atom is 0.0577 e. The van der Waals surface area contributed by atoms with Crippen LogP contribution in [-0.2, 0) is 0 Å². The minimum atomic E-state index is -0.0673. The SMILES string of the molecule is C[C@]12CCC(O)CC1=CCC1C2CC[C@@]2(C)C1CC[C@]21CS1. The number of hydrogen-bond acceptors (Lipinski definition) is 2. The molecule has 5 rings (SSSR count). The van der Waals surface area contributed by atoms with Crippen molar-refractivity contribution < 1.29 is 5.11 Å². The lowest BCUT2D eigenvalue weighted by Gasteiger charge is -2.58. The predicted octanol–water partition coefficient (Wildman–Crippen LogP) is 4.80. The van der Waals surface area contributed by atoms with Gasteiger partial charge < -0.3 is 5.11 Å².